The van der Waals surface area contributed by atoms with E-state index in [0.29, 0.717) is 40.2 Å². The van der Waals surface area contributed by atoms with Crippen LogP contribution in [0.15, 0.2) is 18.5 Å². The Morgan fingerprint density at radius 1 is 1.25 bits per heavy atom. The van der Waals surface area contributed by atoms with Gasteiger partial charge in [0.05, 0.1) is 5.69 Å². The van der Waals surface area contributed by atoms with E-state index < -0.39 is 0 Å². The minimum atomic E-state index is -0.149. The van der Waals surface area contributed by atoms with Gasteiger partial charge in [-0.1, -0.05) is 18.3 Å². The van der Waals surface area contributed by atoms with Gasteiger partial charge in [0.1, 0.15) is 9.88 Å². The van der Waals surface area contributed by atoms with E-state index in [1.165, 1.54) is 22.7 Å². The van der Waals surface area contributed by atoms with E-state index in [9.17, 15) is 4.79 Å². The van der Waals surface area contributed by atoms with Crippen molar-refractivity contribution in [2.45, 2.75) is 19.8 Å². The number of hydrogen-bond donors (Lipinski definition) is 2. The van der Waals surface area contributed by atoms with Gasteiger partial charge in [0.25, 0.3) is 5.91 Å². The summed E-state index contributed by atoms with van der Waals surface area (Å²) in [4.78, 5) is 25.9. The highest BCUT2D eigenvalue weighted by atomic mass is 32.1. The second-order valence-corrected chi connectivity index (χ2v) is 6.85. The number of nitrogens with zero attached hydrogens (tertiary/aromatic N) is 5. The van der Waals surface area contributed by atoms with Crippen molar-refractivity contribution in [2.75, 3.05) is 12.3 Å². The summed E-state index contributed by atoms with van der Waals surface area (Å²) in [5, 5.41) is 12.4. The summed E-state index contributed by atoms with van der Waals surface area (Å²) < 4.78 is 0. The predicted molar refractivity (Wildman–Crippen MR) is 92.9 cm³/mol. The number of aryl methyl sites for hydroxylation is 1. The van der Waals surface area contributed by atoms with Crippen molar-refractivity contribution in [3.8, 4) is 10.8 Å². The van der Waals surface area contributed by atoms with Gasteiger partial charge in [-0.3, -0.25) is 4.79 Å². The van der Waals surface area contributed by atoms with E-state index in [-0.39, 0.29) is 5.91 Å². The zero-order chi connectivity index (χ0) is 16.9. The first-order valence-corrected chi connectivity index (χ1v) is 8.93. The highest BCUT2D eigenvalue weighted by molar-refractivity contribution is 7.17. The zero-order valence-corrected chi connectivity index (χ0v) is 14.5. The fraction of sp³-hybridized carbons (Fsp3) is 0.286. The quantitative estimate of drug-likeness (QED) is 0.684. The molecule has 3 rings (SSSR count). The van der Waals surface area contributed by atoms with Crippen LogP contribution in [-0.4, -0.2) is 37.6 Å². The second-order valence-electron chi connectivity index (χ2n) is 4.76. The number of anilines is 1. The smallest absolute Gasteiger partial charge is 0.263 e. The summed E-state index contributed by atoms with van der Waals surface area (Å²) in [6.45, 7) is 2.43. The number of carbonyl (C=O) groups excluding carboxylic acids is 1. The zero-order valence-electron chi connectivity index (χ0n) is 12.9. The van der Waals surface area contributed by atoms with Crippen molar-refractivity contribution in [3.63, 3.8) is 0 Å². The normalized spacial score (nSPS) is 10.7. The lowest BCUT2D eigenvalue weighted by Crippen LogP contribution is -2.25. The summed E-state index contributed by atoms with van der Waals surface area (Å²) in [6.07, 6.45) is 4.57. The number of nitrogens with one attached hydrogen (secondary N) is 1. The van der Waals surface area contributed by atoms with Crippen molar-refractivity contribution in [1.29, 1.82) is 0 Å². The van der Waals surface area contributed by atoms with Crippen molar-refractivity contribution in [1.82, 2.24) is 30.5 Å². The molecule has 3 aromatic heterocycles. The minimum Gasteiger partial charge on any atom is -0.374 e. The van der Waals surface area contributed by atoms with Crippen molar-refractivity contribution in [2.24, 2.45) is 0 Å². The van der Waals surface area contributed by atoms with E-state index in [1.54, 1.807) is 18.5 Å². The molecule has 8 nitrogen and oxygen atoms in total. The number of thiazole rings is 1. The largest absolute Gasteiger partial charge is 0.374 e. The number of carbonyl (C=O) groups is 1. The molecule has 0 saturated carbocycles. The Bertz CT molecular complexity index is 831. The van der Waals surface area contributed by atoms with Crippen LogP contribution in [0.1, 0.15) is 27.3 Å². The molecule has 24 heavy (non-hydrogen) atoms. The van der Waals surface area contributed by atoms with Crippen LogP contribution in [0.3, 0.4) is 0 Å². The number of aromatic nitrogens is 5. The lowest BCUT2D eigenvalue weighted by molar-refractivity contribution is 0.0957. The van der Waals surface area contributed by atoms with Gasteiger partial charge in [0.2, 0.25) is 5.13 Å². The standard InChI is InChI=1S/C14H15N7OS2/c1-2-8-10(24-13(19-8)11-16-5-3-6-17-11)12(22)18-7-4-9-20-21-14(15)23-9/h3,5-6H,2,4,7H2,1H3,(H2,15,21)(H,18,22). The molecule has 3 aromatic rings. The third-order valence-corrected chi connectivity index (χ3v) is 5.01. The molecule has 1 amide bonds. The summed E-state index contributed by atoms with van der Waals surface area (Å²) in [5.41, 5.74) is 6.29. The van der Waals surface area contributed by atoms with Gasteiger partial charge in [0.15, 0.2) is 10.8 Å². The van der Waals surface area contributed by atoms with Crippen LogP contribution in [0.5, 0.6) is 0 Å². The summed E-state index contributed by atoms with van der Waals surface area (Å²) in [5.74, 6) is 0.379. The van der Waals surface area contributed by atoms with Gasteiger partial charge < -0.3 is 11.1 Å². The van der Waals surface area contributed by atoms with Gasteiger partial charge in [-0.15, -0.1) is 21.5 Å². The van der Waals surface area contributed by atoms with E-state index in [4.69, 9.17) is 5.73 Å². The fourth-order valence-electron chi connectivity index (χ4n) is 2.00. The molecule has 124 valence electrons. The van der Waals surface area contributed by atoms with Crippen LogP contribution < -0.4 is 11.1 Å². The lowest BCUT2D eigenvalue weighted by Gasteiger charge is -2.02. The van der Waals surface area contributed by atoms with Crippen LogP contribution in [0.2, 0.25) is 0 Å². The number of hydrogen-bond acceptors (Lipinski definition) is 9. The van der Waals surface area contributed by atoms with Crippen LogP contribution in [0.4, 0.5) is 5.13 Å². The second kappa shape index (κ2) is 7.41. The van der Waals surface area contributed by atoms with Crippen molar-refractivity contribution >= 4 is 33.7 Å². The number of nitrogens with two attached hydrogens (primary N) is 1. The van der Waals surface area contributed by atoms with Crippen molar-refractivity contribution < 1.29 is 4.79 Å². The summed E-state index contributed by atoms with van der Waals surface area (Å²) >= 11 is 2.62. The topological polar surface area (TPSA) is 120 Å². The van der Waals surface area contributed by atoms with Crippen LogP contribution in [0, 0.1) is 0 Å². The monoisotopic (exact) mass is 361 g/mol. The minimum absolute atomic E-state index is 0.149. The average molecular weight is 361 g/mol. The van der Waals surface area contributed by atoms with Crippen LogP contribution in [-0.2, 0) is 12.8 Å². The first-order chi connectivity index (χ1) is 11.7. The molecule has 0 aliphatic rings. The Labute approximate surface area is 146 Å². The van der Waals surface area contributed by atoms with Crippen LogP contribution in [0.25, 0.3) is 10.8 Å². The van der Waals surface area contributed by atoms with Gasteiger partial charge in [0, 0.05) is 25.4 Å². The Morgan fingerprint density at radius 2 is 2.04 bits per heavy atom. The third-order valence-electron chi connectivity index (χ3n) is 3.10. The average Bonchev–Trinajstić information content (AvgIpc) is 3.22. The molecular formula is C14H15N7OS2. The molecule has 3 N–H and O–H groups in total. The van der Waals surface area contributed by atoms with Gasteiger partial charge in [-0.2, -0.15) is 0 Å². The maximum atomic E-state index is 12.4. The lowest BCUT2D eigenvalue weighted by atomic mass is 10.3. The molecule has 0 aliphatic heterocycles. The number of amides is 1. The van der Waals surface area contributed by atoms with Gasteiger partial charge in [-0.05, 0) is 12.5 Å². The molecular weight excluding hydrogens is 346 g/mol. The molecule has 0 unspecified atom stereocenters. The van der Waals surface area contributed by atoms with E-state index in [1.807, 2.05) is 6.92 Å². The molecule has 0 aromatic carbocycles. The molecule has 0 atom stereocenters. The molecule has 0 saturated heterocycles. The fourth-order valence-corrected chi connectivity index (χ4v) is 3.63. The molecule has 0 bridgehead atoms. The maximum Gasteiger partial charge on any atom is 0.263 e. The summed E-state index contributed by atoms with van der Waals surface area (Å²) in [7, 11) is 0. The molecule has 3 heterocycles. The Hall–Kier alpha value is -2.46. The van der Waals surface area contributed by atoms with E-state index in [0.717, 1.165) is 10.7 Å². The highest BCUT2D eigenvalue weighted by Gasteiger charge is 2.18. The van der Waals surface area contributed by atoms with E-state index >= 15 is 0 Å². The Balaban J connectivity index is 1.68. The molecule has 0 radical (unpaired) electrons. The molecule has 10 heteroatoms. The van der Waals surface area contributed by atoms with Gasteiger partial charge in [-0.25, -0.2) is 15.0 Å². The Kier molecular flexibility index (Phi) is 5.06. The number of nitrogen functional groups attached to an aromatic ring is 1. The third kappa shape index (κ3) is 3.71. The predicted octanol–water partition coefficient (Wildman–Crippen LogP) is 1.57. The first-order valence-electron chi connectivity index (χ1n) is 7.30. The highest BCUT2D eigenvalue weighted by Crippen LogP contribution is 2.26. The first kappa shape index (κ1) is 16.4. The summed E-state index contributed by atoms with van der Waals surface area (Å²) in [6, 6.07) is 1.74. The SMILES string of the molecule is CCc1nc(-c2ncccn2)sc1C(=O)NCCc1nnc(N)s1. The molecule has 0 spiro atoms. The maximum absolute atomic E-state index is 12.4. The Morgan fingerprint density at radius 3 is 2.71 bits per heavy atom. The van der Waals surface area contributed by atoms with Crippen LogP contribution >= 0.6 is 22.7 Å². The van der Waals surface area contributed by atoms with E-state index in [2.05, 4.69) is 30.5 Å². The van der Waals surface area contributed by atoms with Crippen molar-refractivity contribution in [3.05, 3.63) is 34.0 Å². The molecule has 0 fully saturated rings. The van der Waals surface area contributed by atoms with Gasteiger partial charge >= 0.3 is 0 Å². The molecule has 0 aliphatic carbocycles. The number of rotatable bonds is 6.